The van der Waals surface area contributed by atoms with Gasteiger partial charge in [0, 0.05) is 24.5 Å². The lowest BCUT2D eigenvalue weighted by Gasteiger charge is -2.27. The summed E-state index contributed by atoms with van der Waals surface area (Å²) in [5.74, 6) is 1.02. The molecule has 1 aliphatic carbocycles. The van der Waals surface area contributed by atoms with E-state index in [1.807, 2.05) is 52.8 Å². The maximum Gasteiger partial charge on any atom is 0.292 e. The molecule has 0 atom stereocenters. The van der Waals surface area contributed by atoms with Gasteiger partial charge in [0.15, 0.2) is 11.5 Å². The van der Waals surface area contributed by atoms with E-state index in [0.717, 1.165) is 22.5 Å². The number of amides is 1. The highest BCUT2D eigenvalue weighted by molar-refractivity contribution is 6.07. The Morgan fingerprint density at radius 2 is 1.73 bits per heavy atom. The van der Waals surface area contributed by atoms with Crippen LogP contribution in [0.4, 0.5) is 5.82 Å². The molecule has 6 nitrogen and oxygen atoms in total. The molecule has 3 aromatic rings. The first-order valence-corrected chi connectivity index (χ1v) is 10.2. The van der Waals surface area contributed by atoms with Crippen LogP contribution in [0.1, 0.15) is 69.3 Å². The molecule has 1 aliphatic rings. The third-order valence-electron chi connectivity index (χ3n) is 5.51. The predicted molar refractivity (Wildman–Crippen MR) is 116 cm³/mol. The lowest BCUT2D eigenvalue weighted by Crippen LogP contribution is -2.26. The minimum absolute atomic E-state index is 0.0395. The summed E-state index contributed by atoms with van der Waals surface area (Å²) in [6, 6.07) is 7.95. The molecule has 0 radical (unpaired) electrons. The number of Topliss-reactive ketones (excluding diaryl/α,β-unsaturated/α-hetero) is 1. The van der Waals surface area contributed by atoms with Crippen LogP contribution in [0.25, 0.3) is 5.69 Å². The van der Waals surface area contributed by atoms with E-state index in [-0.39, 0.29) is 22.9 Å². The molecule has 1 N–H and O–H groups in total. The van der Waals surface area contributed by atoms with Crippen LogP contribution in [0.2, 0.25) is 0 Å². The van der Waals surface area contributed by atoms with Crippen molar-refractivity contribution >= 4 is 17.5 Å². The number of hydrogen-bond acceptors (Lipinski definition) is 4. The summed E-state index contributed by atoms with van der Waals surface area (Å²) in [5, 5.41) is 7.47. The normalized spacial score (nSPS) is 15.2. The predicted octanol–water partition coefficient (Wildman–Crippen LogP) is 5.11. The number of ketones is 1. The van der Waals surface area contributed by atoms with Gasteiger partial charge < -0.3 is 9.73 Å². The number of hydrogen-bond donors (Lipinski definition) is 1. The van der Waals surface area contributed by atoms with Gasteiger partial charge >= 0.3 is 0 Å². The maximum absolute atomic E-state index is 13.1. The van der Waals surface area contributed by atoms with Crippen LogP contribution in [0.5, 0.6) is 0 Å². The van der Waals surface area contributed by atoms with Crippen molar-refractivity contribution in [2.24, 2.45) is 5.41 Å². The lowest BCUT2D eigenvalue weighted by atomic mass is 9.76. The molecule has 0 unspecified atom stereocenters. The zero-order valence-corrected chi connectivity index (χ0v) is 18.3. The Labute approximate surface area is 176 Å². The van der Waals surface area contributed by atoms with Crippen molar-refractivity contribution in [2.75, 3.05) is 5.32 Å². The molecule has 0 saturated heterocycles. The van der Waals surface area contributed by atoms with Gasteiger partial charge in [-0.25, -0.2) is 4.68 Å². The second-order valence-electron chi connectivity index (χ2n) is 9.18. The van der Waals surface area contributed by atoms with Crippen molar-refractivity contribution in [3.8, 4) is 5.69 Å². The van der Waals surface area contributed by atoms with E-state index >= 15 is 0 Å². The highest BCUT2D eigenvalue weighted by atomic mass is 16.4. The van der Waals surface area contributed by atoms with Gasteiger partial charge in [0.25, 0.3) is 5.91 Å². The molecule has 4 rings (SSSR count). The molecule has 1 aromatic carbocycles. The van der Waals surface area contributed by atoms with E-state index in [0.29, 0.717) is 35.5 Å². The van der Waals surface area contributed by atoms with Crippen molar-refractivity contribution in [1.82, 2.24) is 9.78 Å². The fourth-order valence-electron chi connectivity index (χ4n) is 4.33. The Bertz CT molecular complexity index is 1160. The minimum atomic E-state index is -0.377. The highest BCUT2D eigenvalue weighted by Gasteiger charge is 2.37. The van der Waals surface area contributed by atoms with Crippen LogP contribution < -0.4 is 5.32 Å². The Kier molecular flexibility index (Phi) is 4.68. The Balaban J connectivity index is 1.69. The number of furan rings is 1. The number of benzene rings is 1. The molecule has 0 saturated carbocycles. The third-order valence-corrected chi connectivity index (χ3v) is 5.51. The fourth-order valence-corrected chi connectivity index (χ4v) is 4.33. The standard InChI is InChI=1S/C24H27N3O3/c1-13-7-14(2)9-17(8-13)27-20(10-15(3)26-27)25-23(29)22-16(4)21-18(28)11-24(5,6)12-19(21)30-22/h7-10H,11-12H2,1-6H3,(H,25,29). The van der Waals surface area contributed by atoms with E-state index in [1.165, 1.54) is 0 Å². The number of carbonyl (C=O) groups excluding carboxylic acids is 2. The van der Waals surface area contributed by atoms with Gasteiger partial charge in [0.2, 0.25) is 0 Å². The summed E-state index contributed by atoms with van der Waals surface area (Å²) in [6.07, 6.45) is 1.10. The summed E-state index contributed by atoms with van der Waals surface area (Å²) < 4.78 is 7.63. The van der Waals surface area contributed by atoms with Gasteiger partial charge in [-0.15, -0.1) is 0 Å². The van der Waals surface area contributed by atoms with Crippen molar-refractivity contribution in [3.63, 3.8) is 0 Å². The topological polar surface area (TPSA) is 77.1 Å². The molecule has 156 valence electrons. The molecule has 2 heterocycles. The van der Waals surface area contributed by atoms with Crippen LogP contribution in [0, 0.1) is 33.1 Å². The highest BCUT2D eigenvalue weighted by Crippen LogP contribution is 2.38. The van der Waals surface area contributed by atoms with Crippen LogP contribution in [-0.4, -0.2) is 21.5 Å². The molecular weight excluding hydrogens is 378 g/mol. The second kappa shape index (κ2) is 6.97. The average molecular weight is 405 g/mol. The maximum atomic E-state index is 13.1. The summed E-state index contributed by atoms with van der Waals surface area (Å²) in [7, 11) is 0. The third kappa shape index (κ3) is 3.58. The average Bonchev–Trinajstić information content (AvgIpc) is 3.12. The summed E-state index contributed by atoms with van der Waals surface area (Å²) in [4.78, 5) is 25.7. The van der Waals surface area contributed by atoms with E-state index in [2.05, 4.69) is 16.5 Å². The van der Waals surface area contributed by atoms with Crippen LogP contribution in [-0.2, 0) is 6.42 Å². The number of aromatic nitrogens is 2. The van der Waals surface area contributed by atoms with Crippen molar-refractivity contribution in [1.29, 1.82) is 0 Å². The molecule has 6 heteroatoms. The Morgan fingerprint density at radius 1 is 1.07 bits per heavy atom. The molecule has 0 fully saturated rings. The molecule has 0 spiro atoms. The number of aryl methyl sites for hydroxylation is 3. The Hall–Kier alpha value is -3.15. The van der Waals surface area contributed by atoms with Gasteiger partial charge in [0.05, 0.1) is 16.9 Å². The van der Waals surface area contributed by atoms with E-state index in [9.17, 15) is 9.59 Å². The smallest absolute Gasteiger partial charge is 0.292 e. The second-order valence-corrected chi connectivity index (χ2v) is 9.18. The van der Waals surface area contributed by atoms with Crippen LogP contribution in [0.15, 0.2) is 28.7 Å². The molecule has 1 amide bonds. The van der Waals surface area contributed by atoms with Gasteiger partial charge in [0.1, 0.15) is 11.6 Å². The largest absolute Gasteiger partial charge is 0.455 e. The van der Waals surface area contributed by atoms with E-state index in [1.54, 1.807) is 11.6 Å². The van der Waals surface area contributed by atoms with Crippen molar-refractivity contribution in [3.05, 3.63) is 63.7 Å². The molecule has 0 aliphatic heterocycles. The number of rotatable bonds is 3. The number of fused-ring (bicyclic) bond motifs is 1. The van der Waals surface area contributed by atoms with E-state index in [4.69, 9.17) is 4.42 Å². The molecule has 2 aromatic heterocycles. The molecule has 30 heavy (non-hydrogen) atoms. The zero-order valence-electron chi connectivity index (χ0n) is 18.3. The first-order chi connectivity index (χ1) is 14.0. The first-order valence-electron chi connectivity index (χ1n) is 10.2. The minimum Gasteiger partial charge on any atom is -0.455 e. The number of nitrogens with zero attached hydrogens (tertiary/aromatic N) is 2. The molecular formula is C24H27N3O3. The number of anilines is 1. The quantitative estimate of drug-likeness (QED) is 0.657. The fraction of sp³-hybridized carbons (Fsp3) is 0.375. The summed E-state index contributed by atoms with van der Waals surface area (Å²) in [5.41, 5.74) is 4.91. The van der Waals surface area contributed by atoms with Crippen LogP contribution in [0.3, 0.4) is 0 Å². The number of nitrogens with one attached hydrogen (secondary N) is 1. The Morgan fingerprint density at radius 3 is 2.40 bits per heavy atom. The van der Waals surface area contributed by atoms with Crippen LogP contribution >= 0.6 is 0 Å². The van der Waals surface area contributed by atoms with Gasteiger partial charge in [-0.2, -0.15) is 5.10 Å². The molecule has 0 bridgehead atoms. The van der Waals surface area contributed by atoms with Crippen molar-refractivity contribution in [2.45, 2.75) is 54.4 Å². The monoisotopic (exact) mass is 405 g/mol. The van der Waals surface area contributed by atoms with Gasteiger partial charge in [-0.3, -0.25) is 9.59 Å². The number of carbonyl (C=O) groups is 2. The summed E-state index contributed by atoms with van der Waals surface area (Å²) >= 11 is 0. The van der Waals surface area contributed by atoms with Gasteiger partial charge in [-0.1, -0.05) is 19.9 Å². The SMILES string of the molecule is Cc1cc(C)cc(-n2nc(C)cc2NC(=O)c2oc3c(c2C)C(=O)CC(C)(C)C3)c1. The lowest BCUT2D eigenvalue weighted by molar-refractivity contribution is 0.0898. The summed E-state index contributed by atoms with van der Waals surface area (Å²) in [6.45, 7) is 11.8. The van der Waals surface area contributed by atoms with E-state index < -0.39 is 0 Å². The zero-order chi connectivity index (χ0) is 21.8. The van der Waals surface area contributed by atoms with Gasteiger partial charge in [-0.05, 0) is 56.4 Å². The first kappa shape index (κ1) is 20.1. The van der Waals surface area contributed by atoms with Crippen molar-refractivity contribution < 1.29 is 14.0 Å².